The SMILES string of the molecule is CCc1noc(-c2cccc(C(F)(F)F)c2)n1. The highest BCUT2D eigenvalue weighted by molar-refractivity contribution is 5.54. The van der Waals surface area contributed by atoms with Crippen LogP contribution >= 0.6 is 0 Å². The van der Waals surface area contributed by atoms with E-state index in [9.17, 15) is 13.2 Å². The van der Waals surface area contributed by atoms with Crippen LogP contribution in [0.15, 0.2) is 28.8 Å². The Morgan fingerprint density at radius 1 is 1.29 bits per heavy atom. The van der Waals surface area contributed by atoms with Crippen LogP contribution in [0.25, 0.3) is 11.5 Å². The number of alkyl halides is 3. The first-order valence-corrected chi connectivity index (χ1v) is 5.01. The zero-order valence-electron chi connectivity index (χ0n) is 8.95. The van der Waals surface area contributed by atoms with Crippen LogP contribution in [0.1, 0.15) is 18.3 Å². The summed E-state index contributed by atoms with van der Waals surface area (Å²) in [6.45, 7) is 1.83. The number of rotatable bonds is 2. The zero-order chi connectivity index (χ0) is 12.5. The van der Waals surface area contributed by atoms with Crippen molar-refractivity contribution in [2.45, 2.75) is 19.5 Å². The lowest BCUT2D eigenvalue weighted by Crippen LogP contribution is -2.04. The largest absolute Gasteiger partial charge is 0.416 e. The third-order valence-corrected chi connectivity index (χ3v) is 2.22. The first-order chi connectivity index (χ1) is 8.00. The lowest BCUT2D eigenvalue weighted by Gasteiger charge is -2.06. The molecule has 1 heterocycles. The molecule has 2 aromatic rings. The van der Waals surface area contributed by atoms with Gasteiger partial charge in [0.15, 0.2) is 5.82 Å². The number of aromatic nitrogens is 2. The molecule has 90 valence electrons. The van der Waals surface area contributed by atoms with Gasteiger partial charge >= 0.3 is 6.18 Å². The molecule has 0 unspecified atom stereocenters. The molecule has 17 heavy (non-hydrogen) atoms. The quantitative estimate of drug-likeness (QED) is 0.810. The van der Waals surface area contributed by atoms with Crippen molar-refractivity contribution in [1.29, 1.82) is 0 Å². The predicted molar refractivity (Wildman–Crippen MR) is 54.1 cm³/mol. The Kier molecular flexibility index (Phi) is 2.87. The average Bonchev–Trinajstić information content (AvgIpc) is 2.76. The molecule has 0 bridgehead atoms. The maximum absolute atomic E-state index is 12.5. The summed E-state index contributed by atoms with van der Waals surface area (Å²) in [7, 11) is 0. The van der Waals surface area contributed by atoms with Crippen LogP contribution in [0.4, 0.5) is 13.2 Å². The van der Waals surface area contributed by atoms with Crippen molar-refractivity contribution in [3.8, 4) is 11.5 Å². The summed E-state index contributed by atoms with van der Waals surface area (Å²) in [5.41, 5.74) is -0.460. The average molecular weight is 242 g/mol. The monoisotopic (exact) mass is 242 g/mol. The van der Waals surface area contributed by atoms with Gasteiger partial charge in [-0.25, -0.2) is 0 Å². The minimum absolute atomic E-state index is 0.105. The minimum Gasteiger partial charge on any atom is -0.334 e. The maximum atomic E-state index is 12.5. The van der Waals surface area contributed by atoms with Crippen LogP contribution in [0.2, 0.25) is 0 Å². The Morgan fingerprint density at radius 2 is 2.06 bits per heavy atom. The van der Waals surface area contributed by atoms with Gasteiger partial charge in [-0.05, 0) is 18.2 Å². The smallest absolute Gasteiger partial charge is 0.334 e. The lowest BCUT2D eigenvalue weighted by atomic mass is 10.1. The number of nitrogens with zero attached hydrogens (tertiary/aromatic N) is 2. The highest BCUT2D eigenvalue weighted by atomic mass is 19.4. The van der Waals surface area contributed by atoms with Crippen molar-refractivity contribution in [1.82, 2.24) is 10.1 Å². The van der Waals surface area contributed by atoms with E-state index >= 15 is 0 Å². The first kappa shape index (κ1) is 11.6. The molecule has 0 saturated heterocycles. The molecule has 1 aromatic carbocycles. The molecule has 0 atom stereocenters. The Bertz CT molecular complexity index is 519. The van der Waals surface area contributed by atoms with Gasteiger partial charge in [0.1, 0.15) is 0 Å². The number of hydrogen-bond acceptors (Lipinski definition) is 3. The molecular formula is C11H9F3N2O. The highest BCUT2D eigenvalue weighted by Crippen LogP contribution is 2.31. The van der Waals surface area contributed by atoms with E-state index in [-0.39, 0.29) is 11.5 Å². The molecule has 0 aliphatic carbocycles. The molecule has 3 nitrogen and oxygen atoms in total. The minimum atomic E-state index is -4.37. The number of halogens is 3. The molecule has 0 fully saturated rings. The summed E-state index contributed by atoms with van der Waals surface area (Å²) < 4.78 is 42.3. The molecule has 0 radical (unpaired) electrons. The van der Waals surface area contributed by atoms with E-state index in [1.807, 2.05) is 6.92 Å². The van der Waals surface area contributed by atoms with E-state index in [2.05, 4.69) is 10.1 Å². The van der Waals surface area contributed by atoms with Crippen LogP contribution in [0.5, 0.6) is 0 Å². The Morgan fingerprint density at radius 3 is 2.65 bits per heavy atom. The predicted octanol–water partition coefficient (Wildman–Crippen LogP) is 3.32. The topological polar surface area (TPSA) is 38.9 Å². The normalized spacial score (nSPS) is 11.8. The fourth-order valence-corrected chi connectivity index (χ4v) is 1.34. The van der Waals surface area contributed by atoms with E-state index in [4.69, 9.17) is 4.52 Å². The molecule has 0 aliphatic heterocycles. The van der Waals surface area contributed by atoms with Crippen LogP contribution in [0, 0.1) is 0 Å². The molecule has 6 heteroatoms. The fraction of sp³-hybridized carbons (Fsp3) is 0.273. The Labute approximate surface area is 95.3 Å². The summed E-state index contributed by atoms with van der Waals surface area (Å²) >= 11 is 0. The molecule has 0 aliphatic rings. The summed E-state index contributed by atoms with van der Waals surface area (Å²) in [4.78, 5) is 3.98. The van der Waals surface area contributed by atoms with Crippen LogP contribution in [0.3, 0.4) is 0 Å². The maximum Gasteiger partial charge on any atom is 0.416 e. The van der Waals surface area contributed by atoms with Crippen LogP contribution < -0.4 is 0 Å². The summed E-state index contributed by atoms with van der Waals surface area (Å²) in [6.07, 6.45) is -3.80. The standard InChI is InChI=1S/C11H9F3N2O/c1-2-9-15-10(17-16-9)7-4-3-5-8(6-7)11(12,13)14/h3-6H,2H2,1H3. The van der Waals surface area contributed by atoms with Gasteiger partial charge in [0.05, 0.1) is 5.56 Å². The fourth-order valence-electron chi connectivity index (χ4n) is 1.34. The Hall–Kier alpha value is -1.85. The lowest BCUT2D eigenvalue weighted by molar-refractivity contribution is -0.137. The van der Waals surface area contributed by atoms with Gasteiger partial charge in [-0.15, -0.1) is 0 Å². The van der Waals surface area contributed by atoms with E-state index in [0.29, 0.717) is 12.2 Å². The van der Waals surface area contributed by atoms with E-state index in [0.717, 1.165) is 12.1 Å². The van der Waals surface area contributed by atoms with Gasteiger partial charge in [-0.1, -0.05) is 18.1 Å². The molecule has 0 N–H and O–H groups in total. The molecule has 0 amide bonds. The van der Waals surface area contributed by atoms with Crippen molar-refractivity contribution >= 4 is 0 Å². The number of hydrogen-bond donors (Lipinski definition) is 0. The highest BCUT2D eigenvalue weighted by Gasteiger charge is 2.30. The van der Waals surface area contributed by atoms with Crippen LogP contribution in [-0.2, 0) is 12.6 Å². The second-order valence-corrected chi connectivity index (χ2v) is 3.45. The van der Waals surface area contributed by atoms with E-state index in [1.165, 1.54) is 12.1 Å². The van der Waals surface area contributed by atoms with Gasteiger partial charge in [0.2, 0.25) is 0 Å². The molecule has 0 spiro atoms. The third-order valence-electron chi connectivity index (χ3n) is 2.22. The van der Waals surface area contributed by atoms with Gasteiger partial charge in [-0.3, -0.25) is 0 Å². The number of aryl methyl sites for hydroxylation is 1. The molecule has 2 rings (SSSR count). The number of benzene rings is 1. The van der Waals surface area contributed by atoms with Gasteiger partial charge in [-0.2, -0.15) is 18.2 Å². The van der Waals surface area contributed by atoms with E-state index in [1.54, 1.807) is 0 Å². The van der Waals surface area contributed by atoms with Gasteiger partial charge in [0.25, 0.3) is 5.89 Å². The van der Waals surface area contributed by atoms with Gasteiger partial charge < -0.3 is 4.52 Å². The molecule has 1 aromatic heterocycles. The van der Waals surface area contributed by atoms with Crippen molar-refractivity contribution in [3.63, 3.8) is 0 Å². The van der Waals surface area contributed by atoms with Crippen molar-refractivity contribution in [2.75, 3.05) is 0 Å². The third kappa shape index (κ3) is 2.46. The second-order valence-electron chi connectivity index (χ2n) is 3.45. The van der Waals surface area contributed by atoms with Crippen LogP contribution in [-0.4, -0.2) is 10.1 Å². The summed E-state index contributed by atoms with van der Waals surface area (Å²) in [5.74, 6) is 0.574. The van der Waals surface area contributed by atoms with Crippen molar-refractivity contribution in [2.24, 2.45) is 0 Å². The van der Waals surface area contributed by atoms with Crippen molar-refractivity contribution < 1.29 is 17.7 Å². The summed E-state index contributed by atoms with van der Waals surface area (Å²) in [5, 5.41) is 3.64. The summed E-state index contributed by atoms with van der Waals surface area (Å²) in [6, 6.07) is 4.81. The van der Waals surface area contributed by atoms with Crippen molar-refractivity contribution in [3.05, 3.63) is 35.7 Å². The van der Waals surface area contributed by atoms with E-state index < -0.39 is 11.7 Å². The second kappa shape index (κ2) is 4.20. The Balaban J connectivity index is 2.39. The van der Waals surface area contributed by atoms with Gasteiger partial charge in [0, 0.05) is 12.0 Å². The molecule has 0 saturated carbocycles. The molecular weight excluding hydrogens is 233 g/mol. The first-order valence-electron chi connectivity index (χ1n) is 5.01. The zero-order valence-corrected chi connectivity index (χ0v) is 8.95.